The van der Waals surface area contributed by atoms with Gasteiger partial charge in [0.15, 0.2) is 5.03 Å². The van der Waals surface area contributed by atoms with Gasteiger partial charge < -0.3 is 10.3 Å². The summed E-state index contributed by atoms with van der Waals surface area (Å²) in [6, 6.07) is 0. The quantitative estimate of drug-likeness (QED) is 0.824. The van der Waals surface area contributed by atoms with E-state index >= 15 is 0 Å². The number of nitrogens with zero attached hydrogens (tertiary/aromatic N) is 2. The molecule has 0 aliphatic heterocycles. The van der Waals surface area contributed by atoms with Crippen LogP contribution in [-0.2, 0) is 16.6 Å². The van der Waals surface area contributed by atoms with Gasteiger partial charge >= 0.3 is 0 Å². The summed E-state index contributed by atoms with van der Waals surface area (Å²) in [5.41, 5.74) is 5.30. The first kappa shape index (κ1) is 15.5. The lowest BCUT2D eigenvalue weighted by molar-refractivity contribution is 0.399. The molecule has 6 nitrogen and oxygen atoms in total. The first-order chi connectivity index (χ1) is 9.42. The van der Waals surface area contributed by atoms with Crippen molar-refractivity contribution in [2.45, 2.75) is 63.1 Å². The van der Waals surface area contributed by atoms with Gasteiger partial charge in [0.1, 0.15) is 5.82 Å². The zero-order valence-electron chi connectivity index (χ0n) is 12.2. The van der Waals surface area contributed by atoms with Crippen LogP contribution in [-0.4, -0.2) is 30.1 Å². The lowest BCUT2D eigenvalue weighted by atomic mass is 10.0. The third-order valence-corrected chi connectivity index (χ3v) is 5.45. The van der Waals surface area contributed by atoms with Crippen molar-refractivity contribution in [1.29, 1.82) is 0 Å². The predicted molar refractivity (Wildman–Crippen MR) is 77.8 cm³/mol. The predicted octanol–water partition coefficient (Wildman–Crippen LogP) is 1.15. The maximum atomic E-state index is 12.5. The highest BCUT2D eigenvalue weighted by molar-refractivity contribution is 7.89. The van der Waals surface area contributed by atoms with Crippen LogP contribution in [0.5, 0.6) is 0 Å². The Kier molecular flexibility index (Phi) is 4.51. The molecule has 1 aliphatic carbocycles. The van der Waals surface area contributed by atoms with Crippen molar-refractivity contribution in [1.82, 2.24) is 14.3 Å². The van der Waals surface area contributed by atoms with E-state index in [1.54, 1.807) is 6.20 Å². The lowest BCUT2D eigenvalue weighted by Crippen LogP contribution is -2.51. The highest BCUT2D eigenvalue weighted by Gasteiger charge is 2.37. The van der Waals surface area contributed by atoms with Gasteiger partial charge in [-0.05, 0) is 26.2 Å². The van der Waals surface area contributed by atoms with Crippen molar-refractivity contribution in [3.05, 3.63) is 12.0 Å². The number of nitrogens with one attached hydrogen (secondary N) is 1. The highest BCUT2D eigenvalue weighted by Crippen LogP contribution is 2.30. The molecule has 1 heterocycles. The molecule has 0 amide bonds. The molecule has 0 atom stereocenters. The van der Waals surface area contributed by atoms with Gasteiger partial charge in [0.05, 0.1) is 0 Å². The van der Waals surface area contributed by atoms with Gasteiger partial charge in [-0.3, -0.25) is 0 Å². The van der Waals surface area contributed by atoms with Crippen LogP contribution in [0.4, 0.5) is 0 Å². The molecule has 2 rings (SSSR count). The fourth-order valence-corrected chi connectivity index (χ4v) is 4.29. The van der Waals surface area contributed by atoms with Gasteiger partial charge in [-0.25, -0.2) is 18.1 Å². The topological polar surface area (TPSA) is 90.0 Å². The Bertz CT molecular complexity index is 559. The molecule has 7 heteroatoms. The molecule has 114 valence electrons. The van der Waals surface area contributed by atoms with Gasteiger partial charge in [0.25, 0.3) is 10.0 Å². The summed E-state index contributed by atoms with van der Waals surface area (Å²) < 4.78 is 29.6. The largest absolute Gasteiger partial charge is 0.334 e. The minimum atomic E-state index is -3.60. The SMILES string of the molecule is CCCn1cc(S(=O)(=O)NC2(CN)CCCC2)nc1C. The summed E-state index contributed by atoms with van der Waals surface area (Å²) in [4.78, 5) is 4.18. The average molecular weight is 300 g/mol. The van der Waals surface area contributed by atoms with Crippen LogP contribution in [0.25, 0.3) is 0 Å². The van der Waals surface area contributed by atoms with Crippen LogP contribution in [0.2, 0.25) is 0 Å². The minimum Gasteiger partial charge on any atom is -0.334 e. The molecule has 0 unspecified atom stereocenters. The zero-order chi connectivity index (χ0) is 14.8. The van der Waals surface area contributed by atoms with Crippen molar-refractivity contribution in [3.8, 4) is 0 Å². The molecule has 1 aromatic rings. The number of hydrogen-bond donors (Lipinski definition) is 2. The van der Waals surface area contributed by atoms with Crippen LogP contribution < -0.4 is 10.5 Å². The fraction of sp³-hybridized carbons (Fsp3) is 0.769. The molecular formula is C13H24N4O2S. The normalized spacial score (nSPS) is 18.6. The average Bonchev–Trinajstić information content (AvgIpc) is 2.98. The molecular weight excluding hydrogens is 276 g/mol. The Morgan fingerprint density at radius 3 is 2.65 bits per heavy atom. The molecule has 3 N–H and O–H groups in total. The highest BCUT2D eigenvalue weighted by atomic mass is 32.2. The van der Waals surface area contributed by atoms with Crippen molar-refractivity contribution < 1.29 is 8.42 Å². The van der Waals surface area contributed by atoms with Crippen LogP contribution in [0, 0.1) is 6.92 Å². The summed E-state index contributed by atoms with van der Waals surface area (Å²) >= 11 is 0. The van der Waals surface area contributed by atoms with Crippen molar-refractivity contribution in [3.63, 3.8) is 0 Å². The first-order valence-electron chi connectivity index (χ1n) is 7.20. The monoisotopic (exact) mass is 300 g/mol. The Morgan fingerprint density at radius 1 is 1.45 bits per heavy atom. The second-order valence-electron chi connectivity index (χ2n) is 5.62. The Labute approximate surface area is 120 Å². The van der Waals surface area contributed by atoms with Crippen LogP contribution >= 0.6 is 0 Å². The van der Waals surface area contributed by atoms with Gasteiger partial charge in [0, 0.05) is 24.8 Å². The fourth-order valence-electron chi connectivity index (χ4n) is 2.81. The molecule has 1 fully saturated rings. The smallest absolute Gasteiger partial charge is 0.260 e. The number of imidazole rings is 1. The molecule has 0 aromatic carbocycles. The minimum absolute atomic E-state index is 0.100. The van der Waals surface area contributed by atoms with Gasteiger partial charge in [0.2, 0.25) is 0 Å². The molecule has 0 saturated heterocycles. The maximum Gasteiger partial charge on any atom is 0.260 e. The van der Waals surface area contributed by atoms with E-state index in [-0.39, 0.29) is 5.03 Å². The van der Waals surface area contributed by atoms with E-state index in [9.17, 15) is 8.42 Å². The summed E-state index contributed by atoms with van der Waals surface area (Å²) in [5, 5.41) is 0.100. The summed E-state index contributed by atoms with van der Waals surface area (Å²) in [6.07, 6.45) is 6.19. The summed E-state index contributed by atoms with van der Waals surface area (Å²) in [5.74, 6) is 0.723. The molecule has 1 saturated carbocycles. The van der Waals surface area contributed by atoms with Crippen LogP contribution in [0.1, 0.15) is 44.9 Å². The van der Waals surface area contributed by atoms with E-state index in [4.69, 9.17) is 5.73 Å². The number of rotatable bonds is 6. The molecule has 0 radical (unpaired) electrons. The van der Waals surface area contributed by atoms with E-state index in [0.29, 0.717) is 6.54 Å². The first-order valence-corrected chi connectivity index (χ1v) is 8.68. The maximum absolute atomic E-state index is 12.5. The summed E-state index contributed by atoms with van der Waals surface area (Å²) in [6.45, 7) is 4.98. The third-order valence-electron chi connectivity index (χ3n) is 4.00. The molecule has 1 aliphatic rings. The lowest BCUT2D eigenvalue weighted by Gasteiger charge is -2.27. The number of nitrogens with two attached hydrogens (primary N) is 1. The molecule has 20 heavy (non-hydrogen) atoms. The van der Waals surface area contributed by atoms with E-state index in [2.05, 4.69) is 9.71 Å². The van der Waals surface area contributed by atoms with Gasteiger partial charge in [-0.15, -0.1) is 0 Å². The Morgan fingerprint density at radius 2 is 2.10 bits per heavy atom. The van der Waals surface area contributed by atoms with Crippen molar-refractivity contribution in [2.24, 2.45) is 5.73 Å². The van der Waals surface area contributed by atoms with E-state index in [1.165, 1.54) is 0 Å². The molecule has 1 aromatic heterocycles. The Balaban J connectivity index is 2.24. The Hall–Kier alpha value is -0.920. The van der Waals surface area contributed by atoms with E-state index in [1.807, 2.05) is 18.4 Å². The molecule has 0 spiro atoms. The zero-order valence-corrected chi connectivity index (χ0v) is 13.0. The van der Waals surface area contributed by atoms with Crippen LogP contribution in [0.3, 0.4) is 0 Å². The van der Waals surface area contributed by atoms with Crippen LogP contribution in [0.15, 0.2) is 11.2 Å². The second kappa shape index (κ2) is 5.83. The summed E-state index contributed by atoms with van der Waals surface area (Å²) in [7, 11) is -3.60. The van der Waals surface area contributed by atoms with E-state index in [0.717, 1.165) is 44.5 Å². The molecule has 0 bridgehead atoms. The number of aromatic nitrogens is 2. The number of aryl methyl sites for hydroxylation is 2. The second-order valence-corrected chi connectivity index (χ2v) is 7.25. The van der Waals surface area contributed by atoms with Gasteiger partial charge in [-0.1, -0.05) is 19.8 Å². The number of sulfonamides is 1. The number of hydrogen-bond acceptors (Lipinski definition) is 4. The van der Waals surface area contributed by atoms with E-state index < -0.39 is 15.6 Å². The third kappa shape index (κ3) is 3.05. The van der Waals surface area contributed by atoms with Gasteiger partial charge in [-0.2, -0.15) is 0 Å². The van der Waals surface area contributed by atoms with Crippen molar-refractivity contribution >= 4 is 10.0 Å². The van der Waals surface area contributed by atoms with Crippen molar-refractivity contribution in [2.75, 3.05) is 6.54 Å². The standard InChI is InChI=1S/C13H24N4O2S/c1-3-8-17-9-12(15-11(17)2)20(18,19)16-13(10-14)6-4-5-7-13/h9,16H,3-8,10,14H2,1-2H3.